The molecule has 0 radical (unpaired) electrons. The number of aromatic nitrogens is 1. The molecule has 4 rings (SSSR count). The number of carbonyl (C=O) groups is 2. The predicted molar refractivity (Wildman–Crippen MR) is 120 cm³/mol. The number of hydrogen-bond donors (Lipinski definition) is 2. The fourth-order valence-electron chi connectivity index (χ4n) is 4.61. The van der Waals surface area contributed by atoms with Gasteiger partial charge in [0.1, 0.15) is 5.82 Å². The molecule has 0 fully saturated rings. The summed E-state index contributed by atoms with van der Waals surface area (Å²) >= 11 is 1.70. The van der Waals surface area contributed by atoms with E-state index in [9.17, 15) is 9.59 Å². The van der Waals surface area contributed by atoms with E-state index < -0.39 is 0 Å². The van der Waals surface area contributed by atoms with Crippen LogP contribution in [-0.2, 0) is 9.59 Å². The van der Waals surface area contributed by atoms with Crippen LogP contribution in [0.25, 0.3) is 0 Å². The van der Waals surface area contributed by atoms with Gasteiger partial charge < -0.3 is 10.6 Å². The number of rotatable bonds is 3. The smallest absolute Gasteiger partial charge is 0.255 e. The van der Waals surface area contributed by atoms with Crippen molar-refractivity contribution in [2.24, 2.45) is 5.41 Å². The molecule has 0 aromatic carbocycles. The summed E-state index contributed by atoms with van der Waals surface area (Å²) in [7, 11) is 0. The molecule has 1 aliphatic heterocycles. The Morgan fingerprint density at radius 1 is 1.23 bits per heavy atom. The molecular formula is C24H27N3O2S. The minimum atomic E-state index is -0.362. The third kappa shape index (κ3) is 3.72. The minimum absolute atomic E-state index is 0.0962. The van der Waals surface area contributed by atoms with E-state index in [1.165, 1.54) is 4.88 Å². The molecule has 30 heavy (non-hydrogen) atoms. The van der Waals surface area contributed by atoms with Gasteiger partial charge in [-0.15, -0.1) is 11.3 Å². The van der Waals surface area contributed by atoms with Crippen LogP contribution >= 0.6 is 11.3 Å². The Balaban J connectivity index is 1.83. The first-order chi connectivity index (χ1) is 14.2. The zero-order valence-electron chi connectivity index (χ0n) is 18.1. The molecule has 0 saturated heterocycles. The van der Waals surface area contributed by atoms with Gasteiger partial charge in [-0.05, 0) is 56.4 Å². The fraction of sp³-hybridized carbons (Fsp3) is 0.375. The van der Waals surface area contributed by atoms with Crippen LogP contribution < -0.4 is 10.6 Å². The average molecular weight is 422 g/mol. The second-order valence-corrected chi connectivity index (χ2v) is 10.4. The molecule has 5 nitrogen and oxygen atoms in total. The normalized spacial score (nSPS) is 20.7. The summed E-state index contributed by atoms with van der Waals surface area (Å²) in [6.07, 6.45) is 2.92. The van der Waals surface area contributed by atoms with E-state index >= 15 is 0 Å². The Labute approximate surface area is 181 Å². The third-order valence-electron chi connectivity index (χ3n) is 5.78. The number of allylic oxidation sites excluding steroid dienone is 3. The van der Waals surface area contributed by atoms with Crippen molar-refractivity contribution < 1.29 is 9.59 Å². The molecule has 1 aliphatic carbocycles. The molecule has 156 valence electrons. The number of thiophene rings is 1. The maximum Gasteiger partial charge on any atom is 0.255 e. The average Bonchev–Trinajstić information content (AvgIpc) is 2.98. The lowest BCUT2D eigenvalue weighted by molar-refractivity contribution is -0.118. The highest BCUT2D eigenvalue weighted by molar-refractivity contribution is 7.12. The van der Waals surface area contributed by atoms with Crippen molar-refractivity contribution >= 4 is 28.8 Å². The Morgan fingerprint density at radius 2 is 2.00 bits per heavy atom. The van der Waals surface area contributed by atoms with E-state index in [4.69, 9.17) is 0 Å². The minimum Gasteiger partial charge on any atom is -0.362 e. The van der Waals surface area contributed by atoms with Gasteiger partial charge in [0.15, 0.2) is 5.78 Å². The van der Waals surface area contributed by atoms with Crippen molar-refractivity contribution in [3.8, 4) is 0 Å². The van der Waals surface area contributed by atoms with Crippen LogP contribution in [-0.4, -0.2) is 16.7 Å². The zero-order chi connectivity index (χ0) is 21.6. The van der Waals surface area contributed by atoms with E-state index in [1.807, 2.05) is 19.1 Å². The Bertz CT molecular complexity index is 1090. The Kier molecular flexibility index (Phi) is 5.14. The number of carbonyl (C=O) groups excluding carboxylic acids is 2. The van der Waals surface area contributed by atoms with E-state index in [-0.39, 0.29) is 23.0 Å². The number of hydrogen-bond acceptors (Lipinski definition) is 5. The highest BCUT2D eigenvalue weighted by atomic mass is 32.1. The number of nitrogens with one attached hydrogen (secondary N) is 2. The van der Waals surface area contributed by atoms with Gasteiger partial charge in [0.05, 0.1) is 0 Å². The molecular weight excluding hydrogens is 394 g/mol. The lowest BCUT2D eigenvalue weighted by atomic mass is 9.68. The maximum atomic E-state index is 13.4. The first-order valence-electron chi connectivity index (χ1n) is 10.2. The van der Waals surface area contributed by atoms with E-state index in [0.29, 0.717) is 17.8 Å². The molecule has 1 atom stereocenters. The van der Waals surface area contributed by atoms with Gasteiger partial charge in [0.2, 0.25) is 0 Å². The molecule has 0 bridgehead atoms. The van der Waals surface area contributed by atoms with Gasteiger partial charge >= 0.3 is 0 Å². The molecule has 3 heterocycles. The number of nitrogens with zero attached hydrogens (tertiary/aromatic N) is 1. The predicted octanol–water partition coefficient (Wildman–Crippen LogP) is 5.00. The zero-order valence-corrected chi connectivity index (χ0v) is 18.9. The molecule has 0 spiro atoms. The van der Waals surface area contributed by atoms with Crippen molar-refractivity contribution in [1.29, 1.82) is 0 Å². The Hall–Kier alpha value is -2.73. The van der Waals surface area contributed by atoms with Gasteiger partial charge in [-0.3, -0.25) is 9.59 Å². The number of dihydropyridines is 1. The van der Waals surface area contributed by atoms with Gasteiger partial charge in [-0.25, -0.2) is 4.98 Å². The number of pyridine rings is 1. The number of anilines is 1. The molecule has 2 N–H and O–H groups in total. The fourth-order valence-corrected chi connectivity index (χ4v) is 5.57. The highest BCUT2D eigenvalue weighted by Gasteiger charge is 2.43. The number of amides is 1. The van der Waals surface area contributed by atoms with Crippen LogP contribution in [0.15, 0.2) is 53.0 Å². The summed E-state index contributed by atoms with van der Waals surface area (Å²) in [5.74, 6) is 0.0305. The Morgan fingerprint density at radius 3 is 2.63 bits per heavy atom. The number of ketones is 1. The van der Waals surface area contributed by atoms with Crippen LogP contribution in [0.3, 0.4) is 0 Å². The highest BCUT2D eigenvalue weighted by Crippen LogP contribution is 2.48. The van der Waals surface area contributed by atoms with Gasteiger partial charge in [0, 0.05) is 50.8 Å². The molecule has 1 amide bonds. The van der Waals surface area contributed by atoms with Crippen molar-refractivity contribution in [2.45, 2.75) is 53.4 Å². The van der Waals surface area contributed by atoms with Crippen LogP contribution in [0.5, 0.6) is 0 Å². The third-order valence-corrected chi connectivity index (χ3v) is 6.76. The summed E-state index contributed by atoms with van der Waals surface area (Å²) in [5, 5.41) is 6.32. The molecule has 2 aliphatic rings. The summed E-state index contributed by atoms with van der Waals surface area (Å²) in [6.45, 7) is 10.3. The van der Waals surface area contributed by atoms with E-state index in [1.54, 1.807) is 23.6 Å². The van der Waals surface area contributed by atoms with Crippen molar-refractivity contribution in [3.05, 3.63) is 68.3 Å². The maximum absolute atomic E-state index is 13.4. The van der Waals surface area contributed by atoms with Crippen LogP contribution in [0.4, 0.5) is 5.82 Å². The summed E-state index contributed by atoms with van der Waals surface area (Å²) < 4.78 is 0. The molecule has 2 aromatic rings. The lowest BCUT2D eigenvalue weighted by Crippen LogP contribution is -2.39. The van der Waals surface area contributed by atoms with Gasteiger partial charge in [-0.1, -0.05) is 19.9 Å². The van der Waals surface area contributed by atoms with Crippen LogP contribution in [0.2, 0.25) is 0 Å². The lowest BCUT2D eigenvalue weighted by Gasteiger charge is -2.39. The van der Waals surface area contributed by atoms with E-state index in [0.717, 1.165) is 33.8 Å². The van der Waals surface area contributed by atoms with Gasteiger partial charge in [-0.2, -0.15) is 0 Å². The number of Topliss-reactive ketones (excluding diaryl/α,β-unsaturated/α-hetero) is 1. The number of aryl methyl sites for hydroxylation is 2. The molecule has 2 aromatic heterocycles. The van der Waals surface area contributed by atoms with E-state index in [2.05, 4.69) is 49.4 Å². The second-order valence-electron chi connectivity index (χ2n) is 8.97. The van der Waals surface area contributed by atoms with Crippen molar-refractivity contribution in [3.63, 3.8) is 0 Å². The molecule has 0 unspecified atom stereocenters. The van der Waals surface area contributed by atoms with Crippen molar-refractivity contribution in [1.82, 2.24) is 10.3 Å². The summed E-state index contributed by atoms with van der Waals surface area (Å²) in [5.41, 5.74) is 4.03. The first kappa shape index (κ1) is 20.5. The summed E-state index contributed by atoms with van der Waals surface area (Å²) in [4.78, 5) is 33.3. The topological polar surface area (TPSA) is 71.1 Å². The standard InChI is InChI=1S/C24H27N3O2S/c1-13-10-16(15(3)30-13)21-20(23(29)27-19-8-6-7-9-25-19)14(2)26-17-11-24(4,5)12-18(28)22(17)21/h6-10,21,26H,11-12H2,1-5H3,(H,25,27,29)/t21-/m0/s1. The SMILES string of the molecule is CC1=C(C(=O)Nc2ccccn2)[C@H](c2cc(C)sc2C)C2=C(CC(C)(C)CC2=O)N1. The van der Waals surface area contributed by atoms with Crippen LogP contribution in [0.1, 0.15) is 54.8 Å². The quantitative estimate of drug-likeness (QED) is 0.731. The van der Waals surface area contributed by atoms with Crippen molar-refractivity contribution in [2.75, 3.05) is 5.32 Å². The second kappa shape index (κ2) is 7.51. The molecule has 6 heteroatoms. The largest absolute Gasteiger partial charge is 0.362 e. The van der Waals surface area contributed by atoms with Crippen LogP contribution in [0, 0.1) is 19.3 Å². The molecule has 0 saturated carbocycles. The van der Waals surface area contributed by atoms with Gasteiger partial charge in [0.25, 0.3) is 5.91 Å². The first-order valence-corrected chi connectivity index (χ1v) is 11.0. The monoisotopic (exact) mass is 421 g/mol. The summed E-state index contributed by atoms with van der Waals surface area (Å²) in [6, 6.07) is 7.52.